The number of carbonyl (C=O) groups is 1. The van der Waals surface area contributed by atoms with Crippen LogP contribution in [0, 0.1) is 0 Å². The number of fused-ring (bicyclic) bond motifs is 1. The second kappa shape index (κ2) is 4.73. The summed E-state index contributed by atoms with van der Waals surface area (Å²) in [5, 5.41) is 14.2. The SMILES string of the molecule is C[Si](C)(C)c1cc(-c2ccc3c(c2)CN(C(=O)O)C3)no1. The Morgan fingerprint density at radius 1 is 1.24 bits per heavy atom. The van der Waals surface area contributed by atoms with Gasteiger partial charge in [-0.15, -0.1) is 0 Å². The van der Waals surface area contributed by atoms with Gasteiger partial charge in [-0.05, 0) is 17.2 Å². The standard InChI is InChI=1S/C15H18N2O3Si/c1-21(2,3)14-7-13(16-20-14)10-4-5-11-8-17(15(18)19)9-12(11)6-10/h4-7H,8-9H2,1-3H3,(H,18,19). The van der Waals surface area contributed by atoms with E-state index in [9.17, 15) is 4.79 Å². The van der Waals surface area contributed by atoms with Gasteiger partial charge in [0.25, 0.3) is 0 Å². The average molecular weight is 302 g/mol. The van der Waals surface area contributed by atoms with Gasteiger partial charge in [0.2, 0.25) is 0 Å². The molecule has 0 saturated carbocycles. The van der Waals surface area contributed by atoms with Gasteiger partial charge in [-0.3, -0.25) is 4.90 Å². The van der Waals surface area contributed by atoms with Crippen LogP contribution < -0.4 is 5.38 Å². The van der Waals surface area contributed by atoms with Crippen molar-refractivity contribution >= 4 is 19.6 Å². The van der Waals surface area contributed by atoms with Crippen molar-refractivity contribution in [2.24, 2.45) is 0 Å². The fourth-order valence-corrected chi connectivity index (χ4v) is 3.34. The van der Waals surface area contributed by atoms with E-state index in [1.807, 2.05) is 24.3 Å². The first kappa shape index (κ1) is 13.9. The number of carboxylic acid groups (broad SMARTS) is 1. The third kappa shape index (κ3) is 2.58. The largest absolute Gasteiger partial charge is 0.465 e. The number of hydrogen-bond donors (Lipinski definition) is 1. The van der Waals surface area contributed by atoms with E-state index in [2.05, 4.69) is 24.8 Å². The van der Waals surface area contributed by atoms with Crippen LogP contribution in [0.2, 0.25) is 19.6 Å². The summed E-state index contributed by atoms with van der Waals surface area (Å²) in [4.78, 5) is 12.4. The molecule has 0 saturated heterocycles. The molecular formula is C15H18N2O3Si. The van der Waals surface area contributed by atoms with E-state index >= 15 is 0 Å². The van der Waals surface area contributed by atoms with Crippen molar-refractivity contribution in [1.82, 2.24) is 10.1 Å². The Morgan fingerprint density at radius 2 is 1.95 bits per heavy atom. The van der Waals surface area contributed by atoms with Crippen molar-refractivity contribution in [3.63, 3.8) is 0 Å². The summed E-state index contributed by atoms with van der Waals surface area (Å²) in [5.74, 6) is 0. The summed E-state index contributed by atoms with van der Waals surface area (Å²) < 4.78 is 5.47. The fraction of sp³-hybridized carbons (Fsp3) is 0.333. The molecule has 5 nitrogen and oxygen atoms in total. The number of rotatable bonds is 2. The van der Waals surface area contributed by atoms with Crippen LogP contribution in [0.5, 0.6) is 0 Å². The van der Waals surface area contributed by atoms with E-state index in [4.69, 9.17) is 9.63 Å². The Bertz CT molecular complexity index is 703. The highest BCUT2D eigenvalue weighted by Gasteiger charge is 2.25. The van der Waals surface area contributed by atoms with Crippen molar-refractivity contribution in [2.45, 2.75) is 32.7 Å². The number of aromatic nitrogens is 1. The molecule has 0 bridgehead atoms. The molecule has 1 amide bonds. The zero-order valence-electron chi connectivity index (χ0n) is 12.4. The highest BCUT2D eigenvalue weighted by molar-refractivity contribution is 6.87. The summed E-state index contributed by atoms with van der Waals surface area (Å²) >= 11 is 0. The van der Waals surface area contributed by atoms with Crippen LogP contribution in [0.15, 0.2) is 28.8 Å². The topological polar surface area (TPSA) is 66.6 Å². The Labute approximate surface area is 124 Å². The van der Waals surface area contributed by atoms with Crippen LogP contribution in [0.25, 0.3) is 11.3 Å². The molecular weight excluding hydrogens is 284 g/mol. The lowest BCUT2D eigenvalue weighted by Gasteiger charge is -2.08. The summed E-state index contributed by atoms with van der Waals surface area (Å²) in [6.45, 7) is 7.54. The van der Waals surface area contributed by atoms with E-state index in [1.54, 1.807) is 0 Å². The van der Waals surface area contributed by atoms with Crippen molar-refractivity contribution < 1.29 is 14.4 Å². The summed E-state index contributed by atoms with van der Waals surface area (Å²) in [5.41, 5.74) is 3.92. The van der Waals surface area contributed by atoms with Gasteiger partial charge in [0.1, 0.15) is 19.2 Å². The van der Waals surface area contributed by atoms with E-state index in [-0.39, 0.29) is 0 Å². The minimum atomic E-state index is -1.51. The van der Waals surface area contributed by atoms with Crippen LogP contribution in [-0.2, 0) is 13.1 Å². The van der Waals surface area contributed by atoms with Gasteiger partial charge < -0.3 is 9.63 Å². The second-order valence-electron chi connectivity index (χ2n) is 6.45. The quantitative estimate of drug-likeness (QED) is 0.866. The molecule has 1 aromatic carbocycles. The molecule has 21 heavy (non-hydrogen) atoms. The third-order valence-corrected chi connectivity index (χ3v) is 5.46. The maximum atomic E-state index is 11.0. The number of nitrogens with zero attached hydrogens (tertiary/aromatic N) is 2. The number of benzene rings is 1. The number of hydrogen-bond acceptors (Lipinski definition) is 3. The molecule has 2 heterocycles. The predicted molar refractivity (Wildman–Crippen MR) is 82.2 cm³/mol. The molecule has 1 aromatic heterocycles. The van der Waals surface area contributed by atoms with Gasteiger partial charge >= 0.3 is 6.09 Å². The smallest absolute Gasteiger partial charge is 0.407 e. The minimum Gasteiger partial charge on any atom is -0.465 e. The maximum absolute atomic E-state index is 11.0. The molecule has 6 heteroatoms. The van der Waals surface area contributed by atoms with Crippen molar-refractivity contribution in [1.29, 1.82) is 0 Å². The fourth-order valence-electron chi connectivity index (χ4n) is 2.45. The first-order valence-electron chi connectivity index (χ1n) is 6.92. The lowest BCUT2D eigenvalue weighted by molar-refractivity contribution is 0.145. The van der Waals surface area contributed by atoms with Gasteiger partial charge in [-0.25, -0.2) is 4.79 Å². The molecule has 1 aliphatic heterocycles. The van der Waals surface area contributed by atoms with E-state index in [0.29, 0.717) is 13.1 Å². The van der Waals surface area contributed by atoms with Crippen LogP contribution >= 0.6 is 0 Å². The Kier molecular flexibility index (Phi) is 3.13. The molecule has 0 atom stereocenters. The Hall–Kier alpha value is -2.08. The first-order chi connectivity index (χ1) is 9.84. The van der Waals surface area contributed by atoms with Crippen molar-refractivity contribution in [2.75, 3.05) is 0 Å². The molecule has 0 radical (unpaired) electrons. The Morgan fingerprint density at radius 3 is 2.57 bits per heavy atom. The maximum Gasteiger partial charge on any atom is 0.407 e. The molecule has 0 fully saturated rings. The molecule has 0 spiro atoms. The summed E-state index contributed by atoms with van der Waals surface area (Å²) in [6.07, 6.45) is -0.879. The van der Waals surface area contributed by atoms with Crippen LogP contribution in [0.1, 0.15) is 11.1 Å². The van der Waals surface area contributed by atoms with Crippen molar-refractivity contribution in [3.8, 4) is 11.3 Å². The van der Waals surface area contributed by atoms with Crippen LogP contribution in [-0.4, -0.2) is 29.3 Å². The zero-order chi connectivity index (χ0) is 15.2. The predicted octanol–water partition coefficient (Wildman–Crippen LogP) is 2.88. The van der Waals surface area contributed by atoms with E-state index in [1.165, 1.54) is 4.90 Å². The van der Waals surface area contributed by atoms with Gasteiger partial charge in [0.15, 0.2) is 0 Å². The highest BCUT2D eigenvalue weighted by Crippen LogP contribution is 2.27. The molecule has 0 unspecified atom stereocenters. The summed E-state index contributed by atoms with van der Waals surface area (Å²) in [7, 11) is -1.51. The average Bonchev–Trinajstić information content (AvgIpc) is 3.04. The van der Waals surface area contributed by atoms with Gasteiger partial charge in [0, 0.05) is 24.7 Å². The molecule has 3 rings (SSSR count). The van der Waals surface area contributed by atoms with Gasteiger partial charge in [-0.1, -0.05) is 36.9 Å². The summed E-state index contributed by atoms with van der Waals surface area (Å²) in [6, 6.07) is 7.99. The minimum absolute atomic E-state index is 0.442. The Balaban J connectivity index is 1.91. The van der Waals surface area contributed by atoms with E-state index < -0.39 is 14.2 Å². The van der Waals surface area contributed by atoms with Gasteiger partial charge in [0.05, 0.1) is 0 Å². The van der Waals surface area contributed by atoms with Crippen LogP contribution in [0.4, 0.5) is 4.79 Å². The van der Waals surface area contributed by atoms with E-state index in [0.717, 1.165) is 27.8 Å². The second-order valence-corrected chi connectivity index (χ2v) is 11.4. The van der Waals surface area contributed by atoms with Gasteiger partial charge in [-0.2, -0.15) is 0 Å². The van der Waals surface area contributed by atoms with Crippen LogP contribution in [0.3, 0.4) is 0 Å². The first-order valence-corrected chi connectivity index (χ1v) is 10.4. The van der Waals surface area contributed by atoms with Crippen molar-refractivity contribution in [3.05, 3.63) is 35.4 Å². The molecule has 0 aliphatic carbocycles. The molecule has 1 N–H and O–H groups in total. The molecule has 110 valence electrons. The zero-order valence-corrected chi connectivity index (χ0v) is 13.4. The molecule has 1 aliphatic rings. The lowest BCUT2D eigenvalue weighted by atomic mass is 10.0. The lowest BCUT2D eigenvalue weighted by Crippen LogP contribution is -2.36. The third-order valence-electron chi connectivity index (χ3n) is 3.74. The highest BCUT2D eigenvalue weighted by atomic mass is 28.3. The number of amides is 1. The molecule has 2 aromatic rings. The monoisotopic (exact) mass is 302 g/mol. The normalized spacial score (nSPS) is 14.3.